The van der Waals surface area contributed by atoms with Gasteiger partial charge in [-0.3, -0.25) is 0 Å². The number of nitrogens with two attached hydrogens (primary N) is 1. The van der Waals surface area contributed by atoms with Gasteiger partial charge in [-0.2, -0.15) is 0 Å². The number of fused-ring (bicyclic) bond motifs is 1. The first-order valence-electron chi connectivity index (χ1n) is 6.87. The molecular weight excluding hydrogens is 252 g/mol. The van der Waals surface area contributed by atoms with Crippen molar-refractivity contribution >= 4 is 17.0 Å². The third-order valence-electron chi connectivity index (χ3n) is 3.91. The summed E-state index contributed by atoms with van der Waals surface area (Å²) in [6, 6.07) is 9.06. The van der Waals surface area contributed by atoms with Gasteiger partial charge in [0.2, 0.25) is 0 Å². The fraction of sp³-hybridized carbons (Fsp3) is 0.375. The van der Waals surface area contributed by atoms with Crippen molar-refractivity contribution < 1.29 is 0 Å². The topological polar surface area (TPSA) is 29.3 Å². The average molecular weight is 272 g/mol. The molecule has 19 heavy (non-hydrogen) atoms. The maximum absolute atomic E-state index is 5.64. The molecule has 0 saturated heterocycles. The van der Waals surface area contributed by atoms with E-state index in [0.717, 1.165) is 26.1 Å². The Morgan fingerprint density at radius 3 is 3.00 bits per heavy atom. The second-order valence-corrected chi connectivity index (χ2v) is 6.19. The lowest BCUT2D eigenvalue weighted by molar-refractivity contribution is 0.743. The van der Waals surface area contributed by atoms with Gasteiger partial charge >= 0.3 is 0 Å². The van der Waals surface area contributed by atoms with Crippen LogP contribution < -0.4 is 10.6 Å². The van der Waals surface area contributed by atoms with E-state index in [1.165, 1.54) is 28.8 Å². The first-order valence-corrected chi connectivity index (χ1v) is 7.75. The Morgan fingerprint density at radius 1 is 1.32 bits per heavy atom. The lowest BCUT2D eigenvalue weighted by Crippen LogP contribution is -2.29. The third-order valence-corrected chi connectivity index (χ3v) is 4.94. The number of thiophene rings is 1. The molecule has 1 aromatic heterocycles. The molecule has 1 aliphatic rings. The maximum atomic E-state index is 5.64. The number of hydrogen-bond donors (Lipinski definition) is 1. The van der Waals surface area contributed by atoms with Crippen LogP contribution in [0.2, 0.25) is 0 Å². The predicted octanol–water partition coefficient (Wildman–Crippen LogP) is 3.12. The Labute approximate surface area is 118 Å². The molecule has 0 aliphatic carbocycles. The zero-order chi connectivity index (χ0) is 13.2. The van der Waals surface area contributed by atoms with E-state index in [4.69, 9.17) is 5.73 Å². The minimum atomic E-state index is 0.724. The maximum Gasteiger partial charge on any atom is 0.0440 e. The monoisotopic (exact) mass is 272 g/mol. The first-order chi connectivity index (χ1) is 9.28. The van der Waals surface area contributed by atoms with E-state index in [1.54, 1.807) is 4.88 Å². The molecule has 3 rings (SSSR count). The van der Waals surface area contributed by atoms with Crippen LogP contribution in [0.5, 0.6) is 0 Å². The van der Waals surface area contributed by atoms with E-state index in [-0.39, 0.29) is 0 Å². The SMILES string of the molecule is Cc1cc(N2CCc3sccc3C2)ccc1CCN. The van der Waals surface area contributed by atoms with E-state index >= 15 is 0 Å². The minimum Gasteiger partial charge on any atom is -0.367 e. The zero-order valence-electron chi connectivity index (χ0n) is 11.4. The van der Waals surface area contributed by atoms with Crippen molar-refractivity contribution in [3.05, 3.63) is 51.2 Å². The Morgan fingerprint density at radius 2 is 2.21 bits per heavy atom. The van der Waals surface area contributed by atoms with Crippen LogP contribution in [-0.2, 0) is 19.4 Å². The Hall–Kier alpha value is -1.32. The summed E-state index contributed by atoms with van der Waals surface area (Å²) in [4.78, 5) is 4.04. The molecule has 100 valence electrons. The first kappa shape index (κ1) is 12.7. The fourth-order valence-electron chi connectivity index (χ4n) is 2.78. The van der Waals surface area contributed by atoms with Crippen molar-refractivity contribution in [1.82, 2.24) is 0 Å². The van der Waals surface area contributed by atoms with Crippen molar-refractivity contribution in [2.24, 2.45) is 5.73 Å². The quantitative estimate of drug-likeness (QED) is 0.930. The highest BCUT2D eigenvalue weighted by molar-refractivity contribution is 7.10. The molecule has 0 radical (unpaired) electrons. The standard InChI is InChI=1S/C16H20N2S/c1-12-10-15(3-2-13(12)4-7-17)18-8-5-16-14(11-18)6-9-19-16/h2-3,6,9-10H,4-5,7-8,11,17H2,1H3. The van der Waals surface area contributed by atoms with Gasteiger partial charge in [0.05, 0.1) is 0 Å². The molecule has 1 aromatic carbocycles. The molecule has 0 atom stereocenters. The van der Waals surface area contributed by atoms with Gasteiger partial charge in [0.15, 0.2) is 0 Å². The summed E-state index contributed by atoms with van der Waals surface area (Å²) in [7, 11) is 0. The second kappa shape index (κ2) is 5.35. The van der Waals surface area contributed by atoms with Crippen molar-refractivity contribution in [3.63, 3.8) is 0 Å². The minimum absolute atomic E-state index is 0.724. The van der Waals surface area contributed by atoms with Crippen LogP contribution in [0.15, 0.2) is 29.6 Å². The van der Waals surface area contributed by atoms with Crippen LogP contribution >= 0.6 is 11.3 Å². The van der Waals surface area contributed by atoms with Gasteiger partial charge < -0.3 is 10.6 Å². The second-order valence-electron chi connectivity index (χ2n) is 5.19. The van der Waals surface area contributed by atoms with Gasteiger partial charge in [0.25, 0.3) is 0 Å². The summed E-state index contributed by atoms with van der Waals surface area (Å²) in [5.41, 5.74) is 11.2. The van der Waals surface area contributed by atoms with Crippen LogP contribution in [0.1, 0.15) is 21.6 Å². The molecule has 0 amide bonds. The van der Waals surface area contributed by atoms with E-state index in [2.05, 4.69) is 41.5 Å². The highest BCUT2D eigenvalue weighted by Crippen LogP contribution is 2.28. The van der Waals surface area contributed by atoms with E-state index in [9.17, 15) is 0 Å². The van der Waals surface area contributed by atoms with Crippen molar-refractivity contribution in [2.45, 2.75) is 26.3 Å². The summed E-state index contributed by atoms with van der Waals surface area (Å²) >= 11 is 1.89. The smallest absolute Gasteiger partial charge is 0.0440 e. The largest absolute Gasteiger partial charge is 0.367 e. The molecular formula is C16H20N2S. The lowest BCUT2D eigenvalue weighted by atomic mass is 10.0. The predicted molar refractivity (Wildman–Crippen MR) is 83.0 cm³/mol. The molecule has 2 N–H and O–H groups in total. The number of nitrogens with zero attached hydrogens (tertiary/aromatic N) is 1. The summed E-state index contributed by atoms with van der Waals surface area (Å²) in [6.45, 7) is 5.09. The van der Waals surface area contributed by atoms with Gasteiger partial charge in [-0.05, 0) is 66.6 Å². The number of rotatable bonds is 3. The number of benzene rings is 1. The molecule has 2 heterocycles. The number of hydrogen-bond acceptors (Lipinski definition) is 3. The van der Waals surface area contributed by atoms with Crippen molar-refractivity contribution in [3.8, 4) is 0 Å². The van der Waals surface area contributed by atoms with E-state index in [0.29, 0.717) is 0 Å². The molecule has 3 heteroatoms. The molecule has 2 aromatic rings. The number of anilines is 1. The fourth-order valence-corrected chi connectivity index (χ4v) is 3.67. The van der Waals surface area contributed by atoms with Crippen LogP contribution in [0.3, 0.4) is 0 Å². The Balaban J connectivity index is 1.82. The lowest BCUT2D eigenvalue weighted by Gasteiger charge is -2.29. The van der Waals surface area contributed by atoms with Crippen molar-refractivity contribution in [2.75, 3.05) is 18.0 Å². The highest BCUT2D eigenvalue weighted by Gasteiger charge is 2.17. The molecule has 0 fully saturated rings. The molecule has 0 unspecified atom stereocenters. The highest BCUT2D eigenvalue weighted by atomic mass is 32.1. The van der Waals surface area contributed by atoms with Gasteiger partial charge in [-0.15, -0.1) is 11.3 Å². The molecule has 1 aliphatic heterocycles. The van der Waals surface area contributed by atoms with Gasteiger partial charge in [0, 0.05) is 23.7 Å². The number of aryl methyl sites for hydroxylation is 1. The van der Waals surface area contributed by atoms with Crippen molar-refractivity contribution in [1.29, 1.82) is 0 Å². The Kier molecular flexibility index (Phi) is 3.58. The summed E-state index contributed by atoms with van der Waals surface area (Å²) in [5.74, 6) is 0. The molecule has 0 bridgehead atoms. The Bertz CT molecular complexity index is 574. The summed E-state index contributed by atoms with van der Waals surface area (Å²) < 4.78 is 0. The van der Waals surface area contributed by atoms with Gasteiger partial charge in [0.1, 0.15) is 0 Å². The van der Waals surface area contributed by atoms with Crippen LogP contribution in [0, 0.1) is 6.92 Å². The van der Waals surface area contributed by atoms with Crippen LogP contribution in [0.25, 0.3) is 0 Å². The van der Waals surface area contributed by atoms with Gasteiger partial charge in [-0.25, -0.2) is 0 Å². The third kappa shape index (κ3) is 2.53. The summed E-state index contributed by atoms with van der Waals surface area (Å²) in [6.07, 6.45) is 2.15. The molecule has 0 saturated carbocycles. The normalized spacial score (nSPS) is 14.5. The molecule has 0 spiro atoms. The van der Waals surface area contributed by atoms with Crippen LogP contribution in [0.4, 0.5) is 5.69 Å². The molecule has 2 nitrogen and oxygen atoms in total. The zero-order valence-corrected chi connectivity index (χ0v) is 12.2. The summed E-state index contributed by atoms with van der Waals surface area (Å²) in [5, 5.41) is 2.21. The van der Waals surface area contributed by atoms with E-state index in [1.807, 2.05) is 11.3 Å². The van der Waals surface area contributed by atoms with E-state index < -0.39 is 0 Å². The van der Waals surface area contributed by atoms with Crippen LogP contribution in [-0.4, -0.2) is 13.1 Å². The average Bonchev–Trinajstić information content (AvgIpc) is 2.88. The van der Waals surface area contributed by atoms with Gasteiger partial charge in [-0.1, -0.05) is 6.07 Å².